The van der Waals surface area contributed by atoms with Crippen molar-refractivity contribution < 1.29 is 4.39 Å². The highest BCUT2D eigenvalue weighted by atomic mass is 35.5. The van der Waals surface area contributed by atoms with Crippen LogP contribution in [-0.4, -0.2) is 21.5 Å². The van der Waals surface area contributed by atoms with Gasteiger partial charge in [0.2, 0.25) is 0 Å². The lowest BCUT2D eigenvalue weighted by Gasteiger charge is -2.05. The number of nitrogens with zero attached hydrogens (tertiary/aromatic N) is 3. The summed E-state index contributed by atoms with van der Waals surface area (Å²) < 4.78 is 14.2. The monoisotopic (exact) mass is 400 g/mol. The van der Waals surface area contributed by atoms with E-state index in [1.165, 1.54) is 30.1 Å². The Kier molecular flexibility index (Phi) is 7.57. The van der Waals surface area contributed by atoms with Gasteiger partial charge in [0.1, 0.15) is 17.2 Å². The van der Waals surface area contributed by atoms with Gasteiger partial charge in [-0.2, -0.15) is 15.0 Å². The number of aromatic nitrogens is 3. The van der Waals surface area contributed by atoms with Crippen LogP contribution in [-0.2, 0) is 13.1 Å². The SMILES string of the molecule is CCCCCCNCc1nn(Cc2c(F)cccc2Cl)nc1-c1ccccc1. The highest BCUT2D eigenvalue weighted by molar-refractivity contribution is 6.31. The molecule has 0 aliphatic carbocycles. The molecule has 0 atom stereocenters. The summed E-state index contributed by atoms with van der Waals surface area (Å²) in [6.45, 7) is 3.98. The van der Waals surface area contributed by atoms with E-state index >= 15 is 0 Å². The first-order chi connectivity index (χ1) is 13.7. The van der Waals surface area contributed by atoms with E-state index in [0.717, 1.165) is 29.9 Å². The minimum atomic E-state index is -0.346. The van der Waals surface area contributed by atoms with Crippen LogP contribution in [0.5, 0.6) is 0 Å². The van der Waals surface area contributed by atoms with Gasteiger partial charge < -0.3 is 5.32 Å². The summed E-state index contributed by atoms with van der Waals surface area (Å²) in [5, 5.41) is 13.1. The lowest BCUT2D eigenvalue weighted by atomic mass is 10.1. The van der Waals surface area contributed by atoms with Gasteiger partial charge >= 0.3 is 0 Å². The van der Waals surface area contributed by atoms with E-state index in [2.05, 4.69) is 22.4 Å². The van der Waals surface area contributed by atoms with E-state index in [1.54, 1.807) is 12.1 Å². The van der Waals surface area contributed by atoms with E-state index in [-0.39, 0.29) is 12.4 Å². The van der Waals surface area contributed by atoms with Crippen molar-refractivity contribution in [3.05, 3.63) is 70.6 Å². The third-order valence-electron chi connectivity index (χ3n) is 4.63. The molecule has 0 aliphatic rings. The second kappa shape index (κ2) is 10.3. The van der Waals surface area contributed by atoms with E-state index in [0.29, 0.717) is 17.1 Å². The van der Waals surface area contributed by atoms with Gasteiger partial charge in [0.25, 0.3) is 0 Å². The molecule has 1 N–H and O–H groups in total. The second-order valence-corrected chi connectivity index (χ2v) is 7.24. The van der Waals surface area contributed by atoms with Crippen molar-refractivity contribution in [1.29, 1.82) is 0 Å². The third-order valence-corrected chi connectivity index (χ3v) is 4.99. The Morgan fingerprint density at radius 1 is 1.00 bits per heavy atom. The summed E-state index contributed by atoms with van der Waals surface area (Å²) in [4.78, 5) is 1.53. The molecule has 0 saturated carbocycles. The Bertz CT molecular complexity index is 859. The molecule has 0 spiro atoms. The Labute approximate surface area is 170 Å². The molecule has 28 heavy (non-hydrogen) atoms. The van der Waals surface area contributed by atoms with Crippen LogP contribution in [0.25, 0.3) is 11.3 Å². The fourth-order valence-corrected chi connectivity index (χ4v) is 3.32. The first-order valence-corrected chi connectivity index (χ1v) is 10.2. The highest BCUT2D eigenvalue weighted by Crippen LogP contribution is 2.23. The predicted molar refractivity (Wildman–Crippen MR) is 112 cm³/mol. The van der Waals surface area contributed by atoms with Crippen LogP contribution in [0.1, 0.15) is 43.9 Å². The lowest BCUT2D eigenvalue weighted by Crippen LogP contribution is -2.16. The third kappa shape index (κ3) is 5.40. The molecule has 4 nitrogen and oxygen atoms in total. The Morgan fingerprint density at radius 3 is 2.57 bits per heavy atom. The largest absolute Gasteiger partial charge is 0.311 e. The van der Waals surface area contributed by atoms with Gasteiger partial charge in [0, 0.05) is 22.7 Å². The maximum atomic E-state index is 14.2. The number of benzene rings is 2. The summed E-state index contributed by atoms with van der Waals surface area (Å²) >= 11 is 6.17. The van der Waals surface area contributed by atoms with Crippen molar-refractivity contribution in [3.63, 3.8) is 0 Å². The number of nitrogens with one attached hydrogen (secondary N) is 1. The minimum Gasteiger partial charge on any atom is -0.311 e. The van der Waals surface area contributed by atoms with Crippen LogP contribution in [0.15, 0.2) is 48.5 Å². The zero-order chi connectivity index (χ0) is 19.8. The van der Waals surface area contributed by atoms with Gasteiger partial charge in [-0.1, -0.05) is 74.2 Å². The minimum absolute atomic E-state index is 0.196. The molecule has 148 valence electrons. The normalized spacial score (nSPS) is 11.1. The molecule has 0 fully saturated rings. The van der Waals surface area contributed by atoms with Crippen LogP contribution in [0.2, 0.25) is 5.02 Å². The molecule has 0 saturated heterocycles. The summed E-state index contributed by atoms with van der Waals surface area (Å²) in [6, 6.07) is 14.6. The van der Waals surface area contributed by atoms with Crippen molar-refractivity contribution in [2.24, 2.45) is 0 Å². The maximum absolute atomic E-state index is 14.2. The number of hydrogen-bond acceptors (Lipinski definition) is 3. The van der Waals surface area contributed by atoms with Crippen LogP contribution in [0.4, 0.5) is 4.39 Å². The topological polar surface area (TPSA) is 42.7 Å². The number of rotatable bonds is 10. The highest BCUT2D eigenvalue weighted by Gasteiger charge is 2.15. The molecule has 0 amide bonds. The average molecular weight is 401 g/mol. The van der Waals surface area contributed by atoms with E-state index < -0.39 is 0 Å². The number of hydrogen-bond donors (Lipinski definition) is 1. The molecule has 0 unspecified atom stereocenters. The summed E-state index contributed by atoms with van der Waals surface area (Å²) in [7, 11) is 0. The van der Waals surface area contributed by atoms with Gasteiger partial charge in [-0.15, -0.1) is 0 Å². The predicted octanol–water partition coefficient (Wildman–Crippen LogP) is 5.46. The Morgan fingerprint density at radius 2 is 1.82 bits per heavy atom. The molecule has 0 aliphatic heterocycles. The van der Waals surface area contributed by atoms with Crippen LogP contribution in [0, 0.1) is 5.82 Å². The smallest absolute Gasteiger partial charge is 0.129 e. The van der Waals surface area contributed by atoms with Crippen molar-refractivity contribution in [2.75, 3.05) is 6.54 Å². The molecule has 1 aromatic heterocycles. The molecule has 3 rings (SSSR count). The summed E-state index contributed by atoms with van der Waals surface area (Å²) in [5.41, 5.74) is 3.07. The fraction of sp³-hybridized carbons (Fsp3) is 0.364. The molecule has 2 aromatic carbocycles. The number of unbranched alkanes of at least 4 members (excludes halogenated alkanes) is 3. The lowest BCUT2D eigenvalue weighted by molar-refractivity contribution is 0.540. The van der Waals surface area contributed by atoms with Crippen molar-refractivity contribution in [1.82, 2.24) is 20.3 Å². The van der Waals surface area contributed by atoms with Crippen LogP contribution >= 0.6 is 11.6 Å². The molecule has 0 bridgehead atoms. The first kappa shape index (κ1) is 20.5. The van der Waals surface area contributed by atoms with Gasteiger partial charge in [-0.05, 0) is 25.1 Å². The van der Waals surface area contributed by atoms with Crippen LogP contribution in [0.3, 0.4) is 0 Å². The Hall–Kier alpha value is -2.24. The molecule has 0 radical (unpaired) electrons. The zero-order valence-corrected chi connectivity index (χ0v) is 16.9. The van der Waals surface area contributed by atoms with Crippen molar-refractivity contribution >= 4 is 11.6 Å². The molecule has 3 aromatic rings. The van der Waals surface area contributed by atoms with E-state index in [1.807, 2.05) is 30.3 Å². The molecule has 1 heterocycles. The van der Waals surface area contributed by atoms with Gasteiger partial charge in [0.05, 0.1) is 6.54 Å². The van der Waals surface area contributed by atoms with E-state index in [9.17, 15) is 4.39 Å². The second-order valence-electron chi connectivity index (χ2n) is 6.83. The van der Waals surface area contributed by atoms with E-state index in [4.69, 9.17) is 11.6 Å². The van der Waals surface area contributed by atoms with Crippen molar-refractivity contribution in [2.45, 2.75) is 45.7 Å². The molecular weight excluding hydrogens is 375 g/mol. The fourth-order valence-electron chi connectivity index (χ4n) is 3.10. The first-order valence-electron chi connectivity index (χ1n) is 9.82. The summed E-state index contributed by atoms with van der Waals surface area (Å²) in [6.07, 6.45) is 4.86. The number of halogens is 2. The van der Waals surface area contributed by atoms with Crippen LogP contribution < -0.4 is 5.32 Å². The Balaban J connectivity index is 1.77. The maximum Gasteiger partial charge on any atom is 0.129 e. The van der Waals surface area contributed by atoms with Gasteiger partial charge in [-0.25, -0.2) is 4.39 Å². The molecule has 6 heteroatoms. The quantitative estimate of drug-likeness (QED) is 0.460. The standard InChI is InChI=1S/C22H26ClFN4/c1-2-3-4-8-14-25-15-21-22(17-10-6-5-7-11-17)27-28(26-21)16-18-19(23)12-9-13-20(18)24/h5-7,9-13,25H,2-4,8,14-16H2,1H3. The average Bonchev–Trinajstić information content (AvgIpc) is 3.11. The van der Waals surface area contributed by atoms with Gasteiger partial charge in [0.15, 0.2) is 0 Å². The van der Waals surface area contributed by atoms with Crippen molar-refractivity contribution in [3.8, 4) is 11.3 Å². The van der Waals surface area contributed by atoms with Gasteiger partial charge in [-0.3, -0.25) is 0 Å². The molecular formula is C22H26ClFN4. The summed E-state index contributed by atoms with van der Waals surface area (Å²) in [5.74, 6) is -0.346. The zero-order valence-electron chi connectivity index (χ0n) is 16.2.